The minimum atomic E-state index is -0.114. The summed E-state index contributed by atoms with van der Waals surface area (Å²) in [7, 11) is 0. The molecule has 0 unspecified atom stereocenters. The molecule has 1 fully saturated rings. The summed E-state index contributed by atoms with van der Waals surface area (Å²) in [6.07, 6.45) is 1.62. The molecule has 0 saturated carbocycles. The summed E-state index contributed by atoms with van der Waals surface area (Å²) in [6.45, 7) is 9.00. The van der Waals surface area contributed by atoms with Gasteiger partial charge in [-0.05, 0) is 53.3 Å². The number of hydrogen-bond donors (Lipinski definition) is 1. The Morgan fingerprint density at radius 1 is 1.12 bits per heavy atom. The maximum atomic E-state index is 12.8. The van der Waals surface area contributed by atoms with Gasteiger partial charge < -0.3 is 14.6 Å². The zero-order valence-electron chi connectivity index (χ0n) is 19.5. The second-order valence-electron chi connectivity index (χ2n) is 9.45. The predicted octanol–water partition coefficient (Wildman–Crippen LogP) is 5.84. The number of nitrogens with one attached hydrogen (secondary N) is 1. The average molecular weight is 463 g/mol. The minimum Gasteiger partial charge on any atom is -0.467 e. The van der Waals surface area contributed by atoms with Gasteiger partial charge in [0, 0.05) is 5.56 Å². The van der Waals surface area contributed by atoms with Crippen LogP contribution in [0.3, 0.4) is 0 Å². The van der Waals surface area contributed by atoms with Crippen molar-refractivity contribution in [2.45, 2.75) is 51.1 Å². The highest BCUT2D eigenvalue weighted by Crippen LogP contribution is 2.39. The lowest BCUT2D eigenvalue weighted by Crippen LogP contribution is -2.28. The standard InChI is InChI=1S/C27H30N2O3S/c1-18(19-11-13-22(14-12-19)27(2,3)4)28-25(31)20-7-9-21(10-8-20)26-29(24(30)17-33-26)16-23-6-5-15-32-23/h5-15,18,26H,16-17H2,1-4H3,(H,28,31)/t18-,26+/m1/s1. The number of benzene rings is 2. The summed E-state index contributed by atoms with van der Waals surface area (Å²) < 4.78 is 5.42. The topological polar surface area (TPSA) is 62.6 Å². The number of thioether (sulfide) groups is 1. The van der Waals surface area contributed by atoms with E-state index in [1.807, 2.05) is 48.2 Å². The minimum absolute atomic E-state index is 0.0834. The quantitative estimate of drug-likeness (QED) is 0.500. The lowest BCUT2D eigenvalue weighted by molar-refractivity contribution is -0.128. The van der Waals surface area contributed by atoms with Gasteiger partial charge in [0.25, 0.3) is 5.91 Å². The van der Waals surface area contributed by atoms with E-state index in [1.54, 1.807) is 18.0 Å². The van der Waals surface area contributed by atoms with Crippen molar-refractivity contribution in [1.82, 2.24) is 10.2 Å². The van der Waals surface area contributed by atoms with Crippen LogP contribution in [0.2, 0.25) is 0 Å². The molecular formula is C27H30N2O3S. The Labute approximate surface area is 199 Å². The molecule has 3 aromatic rings. The van der Waals surface area contributed by atoms with Crippen LogP contribution < -0.4 is 5.32 Å². The van der Waals surface area contributed by atoms with Gasteiger partial charge in [0.1, 0.15) is 11.1 Å². The maximum absolute atomic E-state index is 12.8. The fourth-order valence-electron chi connectivity index (χ4n) is 3.91. The summed E-state index contributed by atoms with van der Waals surface area (Å²) in [6, 6.07) is 19.5. The third-order valence-corrected chi connectivity index (χ3v) is 7.21. The summed E-state index contributed by atoms with van der Waals surface area (Å²) in [5, 5.41) is 3.00. The van der Waals surface area contributed by atoms with Crippen molar-refractivity contribution in [3.63, 3.8) is 0 Å². The van der Waals surface area contributed by atoms with E-state index < -0.39 is 0 Å². The van der Waals surface area contributed by atoms with Gasteiger partial charge in [-0.25, -0.2) is 0 Å². The third-order valence-electron chi connectivity index (χ3n) is 5.96. The first-order valence-electron chi connectivity index (χ1n) is 11.2. The molecule has 2 aromatic carbocycles. The molecular weight excluding hydrogens is 432 g/mol. The molecule has 1 aliphatic heterocycles. The van der Waals surface area contributed by atoms with E-state index in [-0.39, 0.29) is 28.6 Å². The molecule has 2 amide bonds. The molecule has 1 saturated heterocycles. The van der Waals surface area contributed by atoms with Crippen LogP contribution in [0.1, 0.15) is 71.9 Å². The zero-order chi connectivity index (χ0) is 23.6. The smallest absolute Gasteiger partial charge is 0.251 e. The van der Waals surface area contributed by atoms with Crippen molar-refractivity contribution in [2.75, 3.05) is 5.75 Å². The average Bonchev–Trinajstić information content (AvgIpc) is 3.44. The van der Waals surface area contributed by atoms with Crippen molar-refractivity contribution in [3.05, 3.63) is 94.9 Å². The van der Waals surface area contributed by atoms with Gasteiger partial charge in [0.05, 0.1) is 24.6 Å². The molecule has 2 heterocycles. The summed E-state index contributed by atoms with van der Waals surface area (Å²) in [5.41, 5.74) is 4.04. The highest BCUT2D eigenvalue weighted by molar-refractivity contribution is 8.00. The molecule has 0 spiro atoms. The lowest BCUT2D eigenvalue weighted by Gasteiger charge is -2.23. The van der Waals surface area contributed by atoms with Gasteiger partial charge >= 0.3 is 0 Å². The number of rotatable bonds is 6. The van der Waals surface area contributed by atoms with Crippen LogP contribution in [0.25, 0.3) is 0 Å². The Kier molecular flexibility index (Phi) is 6.66. The van der Waals surface area contributed by atoms with E-state index in [0.29, 0.717) is 17.9 Å². The number of carbonyl (C=O) groups is 2. The Balaban J connectivity index is 1.41. The number of amides is 2. The van der Waals surface area contributed by atoms with Crippen LogP contribution in [-0.2, 0) is 16.8 Å². The molecule has 5 nitrogen and oxygen atoms in total. The number of hydrogen-bond acceptors (Lipinski definition) is 4. The second kappa shape index (κ2) is 9.48. The fraction of sp³-hybridized carbons (Fsp3) is 0.333. The Hall–Kier alpha value is -2.99. The largest absolute Gasteiger partial charge is 0.467 e. The van der Waals surface area contributed by atoms with E-state index in [0.717, 1.165) is 16.9 Å². The highest BCUT2D eigenvalue weighted by atomic mass is 32.2. The fourth-order valence-corrected chi connectivity index (χ4v) is 5.09. The lowest BCUT2D eigenvalue weighted by atomic mass is 9.86. The SMILES string of the molecule is C[C@@H](NC(=O)c1ccc([C@@H]2SCC(=O)N2Cc2ccco2)cc1)c1ccc(C(C)(C)C)cc1. The van der Waals surface area contributed by atoms with Crippen molar-refractivity contribution < 1.29 is 14.0 Å². The van der Waals surface area contributed by atoms with Crippen LogP contribution in [-0.4, -0.2) is 22.5 Å². The summed E-state index contributed by atoms with van der Waals surface area (Å²) >= 11 is 1.59. The zero-order valence-corrected chi connectivity index (χ0v) is 20.3. The Bertz CT molecular complexity index is 1100. The first-order valence-corrected chi connectivity index (χ1v) is 12.2. The monoisotopic (exact) mass is 462 g/mol. The molecule has 172 valence electrons. The molecule has 0 bridgehead atoms. The molecule has 1 N–H and O–H groups in total. The van der Waals surface area contributed by atoms with Crippen LogP contribution in [0.5, 0.6) is 0 Å². The maximum Gasteiger partial charge on any atom is 0.251 e. The highest BCUT2D eigenvalue weighted by Gasteiger charge is 2.33. The second-order valence-corrected chi connectivity index (χ2v) is 10.5. The first kappa shape index (κ1) is 23.2. The number of carbonyl (C=O) groups excluding carboxylic acids is 2. The predicted molar refractivity (Wildman–Crippen MR) is 132 cm³/mol. The molecule has 4 rings (SSSR count). The molecule has 0 radical (unpaired) electrons. The molecule has 0 aliphatic carbocycles. The third kappa shape index (κ3) is 5.33. The molecule has 1 aromatic heterocycles. The van der Waals surface area contributed by atoms with E-state index in [1.165, 1.54) is 5.56 Å². The van der Waals surface area contributed by atoms with Crippen LogP contribution >= 0.6 is 11.8 Å². The van der Waals surface area contributed by atoms with Crippen LogP contribution in [0, 0.1) is 0 Å². The van der Waals surface area contributed by atoms with Gasteiger partial charge in [0.15, 0.2) is 0 Å². The molecule has 33 heavy (non-hydrogen) atoms. The van der Waals surface area contributed by atoms with Crippen molar-refractivity contribution in [1.29, 1.82) is 0 Å². The van der Waals surface area contributed by atoms with E-state index >= 15 is 0 Å². The summed E-state index contributed by atoms with van der Waals surface area (Å²) in [5.74, 6) is 1.18. The number of nitrogens with zero attached hydrogens (tertiary/aromatic N) is 1. The van der Waals surface area contributed by atoms with Gasteiger partial charge in [-0.15, -0.1) is 11.8 Å². The van der Waals surface area contributed by atoms with Gasteiger partial charge in [-0.3, -0.25) is 9.59 Å². The van der Waals surface area contributed by atoms with Gasteiger partial charge in [0.2, 0.25) is 5.91 Å². The van der Waals surface area contributed by atoms with E-state index in [9.17, 15) is 9.59 Å². The van der Waals surface area contributed by atoms with Crippen molar-refractivity contribution in [2.24, 2.45) is 0 Å². The van der Waals surface area contributed by atoms with Gasteiger partial charge in [-0.1, -0.05) is 57.2 Å². The van der Waals surface area contributed by atoms with E-state index in [4.69, 9.17) is 4.42 Å². The van der Waals surface area contributed by atoms with Crippen LogP contribution in [0.15, 0.2) is 71.3 Å². The Morgan fingerprint density at radius 2 is 1.82 bits per heavy atom. The normalized spacial score (nSPS) is 17.3. The molecule has 2 atom stereocenters. The number of furan rings is 1. The van der Waals surface area contributed by atoms with Crippen molar-refractivity contribution >= 4 is 23.6 Å². The van der Waals surface area contributed by atoms with Crippen LogP contribution in [0.4, 0.5) is 0 Å². The van der Waals surface area contributed by atoms with Gasteiger partial charge in [-0.2, -0.15) is 0 Å². The first-order chi connectivity index (χ1) is 15.7. The molecule has 6 heteroatoms. The Morgan fingerprint density at radius 3 is 2.42 bits per heavy atom. The summed E-state index contributed by atoms with van der Waals surface area (Å²) in [4.78, 5) is 27.0. The molecule has 1 aliphatic rings. The van der Waals surface area contributed by atoms with E-state index in [2.05, 4.69) is 50.4 Å². The van der Waals surface area contributed by atoms with Crippen molar-refractivity contribution in [3.8, 4) is 0 Å².